The summed E-state index contributed by atoms with van der Waals surface area (Å²) in [5.41, 5.74) is 2.92. The minimum Gasteiger partial charge on any atom is -0.462 e. The van der Waals surface area contributed by atoms with Gasteiger partial charge in [0.05, 0.1) is 22.8 Å². The summed E-state index contributed by atoms with van der Waals surface area (Å²) in [6.07, 6.45) is 0. The maximum Gasteiger partial charge on any atom is 0.338 e. The standard InChI is InChI=1S/C24H24N2O5S/c1-4-31-24(28)19-6-5-7-20(14-19)25-23(27)18-11-10-17(3)22(15-18)26-32(29,30)21-12-8-16(2)9-13-21/h5-15,26H,4H2,1-3H3,(H,25,27). The molecule has 32 heavy (non-hydrogen) atoms. The van der Waals surface area contributed by atoms with Crippen LogP contribution in [0.5, 0.6) is 0 Å². The van der Waals surface area contributed by atoms with Gasteiger partial charge in [-0.1, -0.05) is 29.8 Å². The molecule has 3 rings (SSSR count). The number of aryl methyl sites for hydroxylation is 2. The Balaban J connectivity index is 1.81. The lowest BCUT2D eigenvalue weighted by Crippen LogP contribution is -2.16. The second kappa shape index (κ2) is 9.65. The molecule has 0 saturated carbocycles. The highest BCUT2D eigenvalue weighted by Gasteiger charge is 2.17. The van der Waals surface area contributed by atoms with E-state index in [9.17, 15) is 18.0 Å². The predicted molar refractivity (Wildman–Crippen MR) is 124 cm³/mol. The summed E-state index contributed by atoms with van der Waals surface area (Å²) in [7, 11) is -3.81. The molecule has 0 spiro atoms. The van der Waals surface area contributed by atoms with Crippen LogP contribution >= 0.6 is 0 Å². The maximum absolute atomic E-state index is 12.8. The first-order chi connectivity index (χ1) is 15.2. The molecule has 0 radical (unpaired) electrons. The molecule has 0 saturated heterocycles. The maximum atomic E-state index is 12.8. The van der Waals surface area contributed by atoms with Crippen molar-refractivity contribution in [1.82, 2.24) is 0 Å². The Kier molecular flexibility index (Phi) is 6.95. The van der Waals surface area contributed by atoms with Crippen molar-refractivity contribution in [3.05, 3.63) is 89.0 Å². The van der Waals surface area contributed by atoms with Gasteiger partial charge in [0.15, 0.2) is 0 Å². The van der Waals surface area contributed by atoms with Crippen LogP contribution in [0.2, 0.25) is 0 Å². The Morgan fingerprint density at radius 1 is 0.906 bits per heavy atom. The number of carbonyl (C=O) groups excluding carboxylic acids is 2. The summed E-state index contributed by atoms with van der Waals surface area (Å²) in [5.74, 6) is -0.923. The Morgan fingerprint density at radius 2 is 1.62 bits per heavy atom. The lowest BCUT2D eigenvalue weighted by atomic mass is 10.1. The first kappa shape index (κ1) is 23.0. The number of rotatable bonds is 7. The Morgan fingerprint density at radius 3 is 2.31 bits per heavy atom. The molecular formula is C24H24N2O5S. The first-order valence-corrected chi connectivity index (χ1v) is 11.5. The van der Waals surface area contributed by atoms with E-state index in [1.54, 1.807) is 56.3 Å². The Labute approximate surface area is 187 Å². The molecule has 0 heterocycles. The highest BCUT2D eigenvalue weighted by molar-refractivity contribution is 7.92. The zero-order valence-electron chi connectivity index (χ0n) is 18.0. The summed E-state index contributed by atoms with van der Waals surface area (Å²) in [4.78, 5) is 24.8. The smallest absolute Gasteiger partial charge is 0.338 e. The van der Waals surface area contributed by atoms with Gasteiger partial charge < -0.3 is 10.1 Å². The number of benzene rings is 3. The van der Waals surface area contributed by atoms with E-state index in [0.717, 1.165) is 5.56 Å². The molecule has 0 aliphatic heterocycles. The van der Waals surface area contributed by atoms with Crippen LogP contribution in [0.15, 0.2) is 71.6 Å². The first-order valence-electron chi connectivity index (χ1n) is 9.98. The molecule has 2 N–H and O–H groups in total. The van der Waals surface area contributed by atoms with Crippen LogP contribution in [0.4, 0.5) is 11.4 Å². The van der Waals surface area contributed by atoms with Crippen molar-refractivity contribution in [3.8, 4) is 0 Å². The van der Waals surface area contributed by atoms with Crippen LogP contribution in [0.3, 0.4) is 0 Å². The third kappa shape index (κ3) is 5.53. The molecular weight excluding hydrogens is 428 g/mol. The topological polar surface area (TPSA) is 102 Å². The van der Waals surface area contributed by atoms with E-state index in [4.69, 9.17) is 4.74 Å². The van der Waals surface area contributed by atoms with Gasteiger partial charge in [-0.15, -0.1) is 0 Å². The zero-order chi connectivity index (χ0) is 23.3. The van der Waals surface area contributed by atoms with Gasteiger partial charge >= 0.3 is 5.97 Å². The Hall–Kier alpha value is -3.65. The van der Waals surface area contributed by atoms with E-state index in [2.05, 4.69) is 10.0 Å². The molecule has 3 aromatic rings. The van der Waals surface area contributed by atoms with Gasteiger partial charge in [0, 0.05) is 11.3 Å². The molecule has 0 unspecified atom stereocenters. The van der Waals surface area contributed by atoms with Gasteiger partial charge in [0.1, 0.15) is 0 Å². The van der Waals surface area contributed by atoms with Gasteiger partial charge in [-0.25, -0.2) is 13.2 Å². The third-order valence-electron chi connectivity index (χ3n) is 4.71. The van der Waals surface area contributed by atoms with E-state index in [-0.39, 0.29) is 17.1 Å². The van der Waals surface area contributed by atoms with Crippen LogP contribution in [0.25, 0.3) is 0 Å². The molecule has 166 valence electrons. The summed E-state index contributed by atoms with van der Waals surface area (Å²) in [5, 5.41) is 2.72. The number of anilines is 2. The number of ether oxygens (including phenoxy) is 1. The molecule has 8 heteroatoms. The number of nitrogens with one attached hydrogen (secondary N) is 2. The number of esters is 1. The molecule has 0 aliphatic rings. The fraction of sp³-hybridized carbons (Fsp3) is 0.167. The summed E-state index contributed by atoms with van der Waals surface area (Å²) >= 11 is 0. The second-order valence-corrected chi connectivity index (χ2v) is 8.89. The van der Waals surface area contributed by atoms with E-state index < -0.39 is 21.9 Å². The van der Waals surface area contributed by atoms with Gasteiger partial charge in [-0.05, 0) is 68.8 Å². The minimum atomic E-state index is -3.81. The third-order valence-corrected chi connectivity index (χ3v) is 6.09. The predicted octanol–water partition coefficient (Wildman–Crippen LogP) is 4.53. The van der Waals surface area contributed by atoms with Crippen molar-refractivity contribution in [1.29, 1.82) is 0 Å². The zero-order valence-corrected chi connectivity index (χ0v) is 18.8. The largest absolute Gasteiger partial charge is 0.462 e. The second-order valence-electron chi connectivity index (χ2n) is 7.20. The fourth-order valence-corrected chi connectivity index (χ4v) is 4.06. The summed E-state index contributed by atoms with van der Waals surface area (Å²) < 4.78 is 33.0. The van der Waals surface area contributed by atoms with Gasteiger partial charge in [0.2, 0.25) is 0 Å². The average Bonchev–Trinajstić information content (AvgIpc) is 2.75. The van der Waals surface area contributed by atoms with Crippen molar-refractivity contribution in [3.63, 3.8) is 0 Å². The quantitative estimate of drug-likeness (QED) is 0.513. The van der Waals surface area contributed by atoms with Crippen LogP contribution in [0, 0.1) is 13.8 Å². The molecule has 0 fully saturated rings. The molecule has 0 aromatic heterocycles. The monoisotopic (exact) mass is 452 g/mol. The molecule has 7 nitrogen and oxygen atoms in total. The lowest BCUT2D eigenvalue weighted by molar-refractivity contribution is 0.0526. The van der Waals surface area contributed by atoms with Crippen molar-refractivity contribution in [2.45, 2.75) is 25.7 Å². The van der Waals surface area contributed by atoms with Crippen LogP contribution in [-0.4, -0.2) is 26.9 Å². The van der Waals surface area contributed by atoms with Crippen LogP contribution in [-0.2, 0) is 14.8 Å². The summed E-state index contributed by atoms with van der Waals surface area (Å²) in [6, 6.07) is 17.6. The van der Waals surface area contributed by atoms with Gasteiger partial charge in [-0.3, -0.25) is 9.52 Å². The summed E-state index contributed by atoms with van der Waals surface area (Å²) in [6.45, 7) is 5.58. The number of carbonyl (C=O) groups is 2. The number of amides is 1. The SMILES string of the molecule is CCOC(=O)c1cccc(NC(=O)c2ccc(C)c(NS(=O)(=O)c3ccc(C)cc3)c2)c1. The van der Waals surface area contributed by atoms with Crippen LogP contribution < -0.4 is 10.0 Å². The molecule has 1 amide bonds. The molecule has 0 atom stereocenters. The number of hydrogen-bond acceptors (Lipinski definition) is 5. The minimum absolute atomic E-state index is 0.133. The molecule has 3 aromatic carbocycles. The van der Waals surface area contributed by atoms with Crippen LogP contribution in [0.1, 0.15) is 38.8 Å². The highest BCUT2D eigenvalue weighted by Crippen LogP contribution is 2.22. The van der Waals surface area contributed by atoms with Gasteiger partial charge in [-0.2, -0.15) is 0 Å². The fourth-order valence-electron chi connectivity index (χ4n) is 2.94. The number of sulfonamides is 1. The Bertz CT molecular complexity index is 1250. The van der Waals surface area contributed by atoms with Crippen molar-refractivity contribution in [2.24, 2.45) is 0 Å². The average molecular weight is 453 g/mol. The lowest BCUT2D eigenvalue weighted by Gasteiger charge is -2.13. The normalized spacial score (nSPS) is 11.0. The van der Waals surface area contributed by atoms with E-state index >= 15 is 0 Å². The molecule has 0 bridgehead atoms. The van der Waals surface area contributed by atoms with Crippen molar-refractivity contribution >= 4 is 33.3 Å². The van der Waals surface area contributed by atoms with E-state index in [1.165, 1.54) is 24.3 Å². The van der Waals surface area contributed by atoms with E-state index in [0.29, 0.717) is 22.5 Å². The molecule has 0 aliphatic carbocycles. The number of hydrogen-bond donors (Lipinski definition) is 2. The highest BCUT2D eigenvalue weighted by atomic mass is 32.2. The van der Waals surface area contributed by atoms with Crippen molar-refractivity contribution in [2.75, 3.05) is 16.6 Å². The van der Waals surface area contributed by atoms with Gasteiger partial charge in [0.25, 0.3) is 15.9 Å². The van der Waals surface area contributed by atoms with Crippen molar-refractivity contribution < 1.29 is 22.7 Å². The van der Waals surface area contributed by atoms with E-state index in [1.807, 2.05) is 6.92 Å².